The molecule has 25 heavy (non-hydrogen) atoms. The van der Waals surface area contributed by atoms with E-state index in [0.29, 0.717) is 5.56 Å². The van der Waals surface area contributed by atoms with E-state index in [0.717, 1.165) is 5.56 Å². The Morgan fingerprint density at radius 1 is 0.800 bits per heavy atom. The maximum absolute atomic E-state index is 12.2. The van der Waals surface area contributed by atoms with Crippen LogP contribution in [0.1, 0.15) is 11.1 Å². The summed E-state index contributed by atoms with van der Waals surface area (Å²) < 4.78 is 0. The van der Waals surface area contributed by atoms with Gasteiger partial charge in [-0.05, 0) is 23.3 Å². The fourth-order valence-corrected chi connectivity index (χ4v) is 2.31. The van der Waals surface area contributed by atoms with Gasteiger partial charge in [-0.15, -0.1) is 0 Å². The van der Waals surface area contributed by atoms with Gasteiger partial charge < -0.3 is 9.97 Å². The number of H-pyrrole nitrogens is 2. The van der Waals surface area contributed by atoms with Crippen LogP contribution < -0.4 is 21.8 Å². The summed E-state index contributed by atoms with van der Waals surface area (Å²) in [5.74, 6) is 0. The molecule has 0 bridgehead atoms. The fourth-order valence-electron chi connectivity index (χ4n) is 2.31. The minimum Gasteiger partial charge on any atom is -0.316 e. The van der Waals surface area contributed by atoms with E-state index >= 15 is 0 Å². The number of aromatic nitrogens is 2. The Balaban J connectivity index is 2.11. The van der Waals surface area contributed by atoms with Crippen molar-refractivity contribution < 1.29 is 4.92 Å². The first-order chi connectivity index (χ1) is 12.0. The van der Waals surface area contributed by atoms with Crippen LogP contribution in [0.4, 0.5) is 5.69 Å². The Morgan fingerprint density at radius 2 is 1.36 bits per heavy atom. The zero-order valence-electron chi connectivity index (χ0n) is 12.9. The lowest BCUT2D eigenvalue weighted by molar-refractivity contribution is -0.384. The van der Waals surface area contributed by atoms with Gasteiger partial charge in [0.1, 0.15) is 10.7 Å². The van der Waals surface area contributed by atoms with Gasteiger partial charge in [0, 0.05) is 12.1 Å². The average molecular weight is 335 g/mol. The minimum atomic E-state index is -0.526. The summed E-state index contributed by atoms with van der Waals surface area (Å²) in [7, 11) is 0. The Bertz CT molecular complexity index is 1160. The molecule has 0 unspecified atom stereocenters. The number of rotatable bonds is 3. The Labute approximate surface area is 140 Å². The molecule has 0 spiro atoms. The molecule has 2 aromatic carbocycles. The molecular formula is C18H13N3O4. The normalized spacial score (nSPS) is 12.3. The van der Waals surface area contributed by atoms with E-state index in [2.05, 4.69) is 9.97 Å². The summed E-state index contributed by atoms with van der Waals surface area (Å²) in [6.45, 7) is 0. The van der Waals surface area contributed by atoms with E-state index in [1.165, 1.54) is 24.3 Å². The van der Waals surface area contributed by atoms with Crippen molar-refractivity contribution in [3.05, 3.63) is 107 Å². The first-order valence-corrected chi connectivity index (χ1v) is 7.38. The van der Waals surface area contributed by atoms with Crippen LogP contribution in [-0.4, -0.2) is 14.9 Å². The predicted octanol–water partition coefficient (Wildman–Crippen LogP) is 0.629. The van der Waals surface area contributed by atoms with Gasteiger partial charge in [-0.1, -0.05) is 42.5 Å². The van der Waals surface area contributed by atoms with E-state index in [9.17, 15) is 19.7 Å². The van der Waals surface area contributed by atoms with Crippen LogP contribution >= 0.6 is 0 Å². The van der Waals surface area contributed by atoms with E-state index in [4.69, 9.17) is 0 Å². The molecular weight excluding hydrogens is 322 g/mol. The zero-order valence-corrected chi connectivity index (χ0v) is 12.9. The molecule has 3 rings (SSSR count). The van der Waals surface area contributed by atoms with E-state index in [1.54, 1.807) is 24.3 Å². The Morgan fingerprint density at radius 3 is 1.96 bits per heavy atom. The quantitative estimate of drug-likeness (QED) is 0.540. The highest BCUT2D eigenvalue weighted by atomic mass is 16.6. The van der Waals surface area contributed by atoms with Crippen LogP contribution in [0.3, 0.4) is 0 Å². The highest BCUT2D eigenvalue weighted by molar-refractivity contribution is 5.52. The molecule has 7 nitrogen and oxygen atoms in total. The van der Waals surface area contributed by atoms with Crippen molar-refractivity contribution >= 4 is 17.8 Å². The van der Waals surface area contributed by atoms with Gasteiger partial charge in [-0.3, -0.25) is 19.7 Å². The van der Waals surface area contributed by atoms with Crippen molar-refractivity contribution in [2.45, 2.75) is 0 Å². The number of nitrogens with one attached hydrogen (secondary N) is 2. The molecule has 0 aliphatic heterocycles. The second-order valence-electron chi connectivity index (χ2n) is 5.29. The highest BCUT2D eigenvalue weighted by Crippen LogP contribution is 2.12. The third-order valence-electron chi connectivity index (χ3n) is 3.49. The van der Waals surface area contributed by atoms with E-state index < -0.39 is 16.0 Å². The maximum Gasteiger partial charge on any atom is 0.272 e. The minimum absolute atomic E-state index is 0.0238. The molecule has 0 radical (unpaired) electrons. The Hall–Kier alpha value is -3.74. The molecule has 0 aliphatic carbocycles. The van der Waals surface area contributed by atoms with Crippen LogP contribution in [0.5, 0.6) is 0 Å². The van der Waals surface area contributed by atoms with Gasteiger partial charge in [-0.25, -0.2) is 0 Å². The first-order valence-electron chi connectivity index (χ1n) is 7.38. The third kappa shape index (κ3) is 3.78. The van der Waals surface area contributed by atoms with Crippen LogP contribution in [0, 0.1) is 10.1 Å². The molecule has 0 saturated heterocycles. The molecule has 124 valence electrons. The third-order valence-corrected chi connectivity index (χ3v) is 3.49. The largest absolute Gasteiger partial charge is 0.316 e. The van der Waals surface area contributed by atoms with Gasteiger partial charge >= 0.3 is 0 Å². The number of hydrogen-bond donors (Lipinski definition) is 2. The monoisotopic (exact) mass is 335 g/mol. The summed E-state index contributed by atoms with van der Waals surface area (Å²) in [6, 6.07) is 14.9. The zero-order chi connectivity index (χ0) is 17.8. The number of non-ortho nitro benzene ring substituents is 1. The summed E-state index contributed by atoms with van der Waals surface area (Å²) in [5.41, 5.74) is 0.171. The van der Waals surface area contributed by atoms with Gasteiger partial charge in [0.15, 0.2) is 0 Å². The van der Waals surface area contributed by atoms with Crippen molar-refractivity contribution in [1.29, 1.82) is 0 Å². The summed E-state index contributed by atoms with van der Waals surface area (Å²) in [5, 5.41) is 11.0. The summed E-state index contributed by atoms with van der Waals surface area (Å²) in [6.07, 6.45) is 2.96. The lowest BCUT2D eigenvalue weighted by atomic mass is 10.2. The number of nitro benzene ring substituents is 1. The van der Waals surface area contributed by atoms with Crippen LogP contribution in [0.2, 0.25) is 0 Å². The van der Waals surface area contributed by atoms with Gasteiger partial charge in [0.25, 0.3) is 16.8 Å². The number of hydrogen-bond acceptors (Lipinski definition) is 4. The lowest BCUT2D eigenvalue weighted by Crippen LogP contribution is -2.46. The van der Waals surface area contributed by atoms with Crippen LogP contribution in [-0.2, 0) is 0 Å². The average Bonchev–Trinajstić information content (AvgIpc) is 2.60. The van der Waals surface area contributed by atoms with Crippen molar-refractivity contribution in [1.82, 2.24) is 9.97 Å². The molecule has 1 heterocycles. The predicted molar refractivity (Wildman–Crippen MR) is 93.6 cm³/mol. The standard InChI is InChI=1S/C18H13N3O4/c22-17-15(10-12-5-2-1-3-6-12)19-18(23)16(20-17)11-13-7-4-8-14(9-13)21(24)25/h1-11H,(H,19,23)(H,20,22)/b15-10-,16-11-. The molecule has 0 aliphatic rings. The molecule has 7 heteroatoms. The Kier molecular flexibility index (Phi) is 4.38. The van der Waals surface area contributed by atoms with E-state index in [1.807, 2.05) is 18.2 Å². The summed E-state index contributed by atoms with van der Waals surface area (Å²) in [4.78, 5) is 39.7. The molecule has 0 atom stereocenters. The lowest BCUT2D eigenvalue weighted by Gasteiger charge is -1.95. The number of benzene rings is 2. The maximum atomic E-state index is 12.2. The molecule has 2 N–H and O–H groups in total. The topological polar surface area (TPSA) is 109 Å². The smallest absolute Gasteiger partial charge is 0.272 e. The van der Waals surface area contributed by atoms with Crippen LogP contribution in [0.15, 0.2) is 64.2 Å². The van der Waals surface area contributed by atoms with Gasteiger partial charge in [0.05, 0.1) is 4.92 Å². The van der Waals surface area contributed by atoms with Gasteiger partial charge in [-0.2, -0.15) is 0 Å². The second-order valence-corrected chi connectivity index (χ2v) is 5.29. The molecule has 3 aromatic rings. The van der Waals surface area contributed by atoms with Crippen molar-refractivity contribution in [3.63, 3.8) is 0 Å². The molecule has 0 fully saturated rings. The van der Waals surface area contributed by atoms with Crippen LogP contribution in [0.25, 0.3) is 12.2 Å². The van der Waals surface area contributed by atoms with Crippen molar-refractivity contribution in [2.24, 2.45) is 0 Å². The number of nitrogens with zero attached hydrogens (tertiary/aromatic N) is 1. The molecule has 0 amide bonds. The number of nitro groups is 1. The molecule has 0 saturated carbocycles. The first kappa shape index (κ1) is 16.1. The van der Waals surface area contributed by atoms with E-state index in [-0.39, 0.29) is 16.4 Å². The SMILES string of the molecule is O=c1[nH]/c(=C\c2cccc([N+](=O)[O-])c2)c(=O)[nH]/c1=C\c1ccccc1. The summed E-state index contributed by atoms with van der Waals surface area (Å²) >= 11 is 0. The second kappa shape index (κ2) is 6.79. The fraction of sp³-hybridized carbons (Fsp3) is 0. The highest BCUT2D eigenvalue weighted by Gasteiger charge is 2.04. The molecule has 1 aromatic heterocycles. The van der Waals surface area contributed by atoms with Crippen molar-refractivity contribution in [3.8, 4) is 0 Å². The van der Waals surface area contributed by atoms with Crippen molar-refractivity contribution in [2.75, 3.05) is 0 Å². The number of aromatic amines is 2. The van der Waals surface area contributed by atoms with Gasteiger partial charge in [0.2, 0.25) is 0 Å².